The molecular weight excluding hydrogens is 136 g/mol. The van der Waals surface area contributed by atoms with E-state index in [2.05, 4.69) is 0 Å². The third-order valence-corrected chi connectivity index (χ3v) is 1.13. The number of hydrogen-bond acceptors (Lipinski definition) is 4. The van der Waals surface area contributed by atoms with E-state index < -0.39 is 12.2 Å². The van der Waals surface area contributed by atoms with Crippen LogP contribution in [0.5, 0.6) is 0 Å². The lowest BCUT2D eigenvalue weighted by atomic mass is 10.1. The lowest BCUT2D eigenvalue weighted by Crippen LogP contribution is -2.19. The van der Waals surface area contributed by atoms with Crippen LogP contribution in [-0.4, -0.2) is 40.4 Å². The van der Waals surface area contributed by atoms with Crippen molar-refractivity contribution in [1.29, 1.82) is 0 Å². The van der Waals surface area contributed by atoms with E-state index in [1.54, 1.807) is 0 Å². The topological polar surface area (TPSA) is 77.8 Å². The molecule has 0 aliphatic rings. The van der Waals surface area contributed by atoms with E-state index in [1.165, 1.54) is 0 Å². The van der Waals surface area contributed by atoms with Crippen molar-refractivity contribution in [2.45, 2.75) is 25.0 Å². The number of rotatable bonds is 5. The average molecular weight is 148 g/mol. The second-order valence-electron chi connectivity index (χ2n) is 2.11. The summed E-state index contributed by atoms with van der Waals surface area (Å²) in [6, 6.07) is 0. The molecule has 60 valence electrons. The van der Waals surface area contributed by atoms with Crippen LogP contribution in [0, 0.1) is 0 Å². The predicted octanol–water partition coefficient (Wildman–Crippen LogP) is -1.32. The van der Waals surface area contributed by atoms with E-state index >= 15 is 0 Å². The summed E-state index contributed by atoms with van der Waals surface area (Å²) in [7, 11) is 0. The number of aliphatic hydroxyl groups is 3. The molecule has 2 atom stereocenters. The van der Waals surface area contributed by atoms with E-state index in [9.17, 15) is 4.79 Å². The van der Waals surface area contributed by atoms with Gasteiger partial charge in [0.25, 0.3) is 0 Å². The van der Waals surface area contributed by atoms with E-state index in [0.29, 0.717) is 6.29 Å². The Labute approximate surface area is 59.1 Å². The highest BCUT2D eigenvalue weighted by atomic mass is 16.3. The summed E-state index contributed by atoms with van der Waals surface area (Å²) < 4.78 is 0. The summed E-state index contributed by atoms with van der Waals surface area (Å²) in [6.07, 6.45) is -1.33. The van der Waals surface area contributed by atoms with Crippen molar-refractivity contribution in [3.63, 3.8) is 0 Å². The molecule has 0 fully saturated rings. The van der Waals surface area contributed by atoms with Crippen molar-refractivity contribution < 1.29 is 20.1 Å². The maximum absolute atomic E-state index is 9.82. The quantitative estimate of drug-likeness (QED) is 0.422. The van der Waals surface area contributed by atoms with Gasteiger partial charge in [-0.25, -0.2) is 0 Å². The molecule has 0 saturated carbocycles. The van der Waals surface area contributed by atoms with Gasteiger partial charge in [0.2, 0.25) is 0 Å². The van der Waals surface area contributed by atoms with Gasteiger partial charge in [-0.05, 0) is 6.42 Å². The highest BCUT2D eigenvalue weighted by molar-refractivity contribution is 5.55. The zero-order valence-electron chi connectivity index (χ0n) is 5.60. The standard InChI is InChI=1S/C6H12O4/c7-2-1-5(9)3-6(10)4-8/h4-7,9-10H,1-3H2. The first-order chi connectivity index (χ1) is 4.70. The van der Waals surface area contributed by atoms with Crippen LogP contribution in [0.1, 0.15) is 12.8 Å². The van der Waals surface area contributed by atoms with Crippen molar-refractivity contribution in [2.24, 2.45) is 0 Å². The molecule has 3 N–H and O–H groups in total. The molecule has 4 heteroatoms. The number of aldehydes is 1. The summed E-state index contributed by atoms with van der Waals surface area (Å²) in [5, 5.41) is 25.8. The second kappa shape index (κ2) is 5.34. The Kier molecular flexibility index (Phi) is 5.10. The molecule has 0 aliphatic heterocycles. The van der Waals surface area contributed by atoms with Crippen LogP contribution in [-0.2, 0) is 4.79 Å². The fourth-order valence-corrected chi connectivity index (χ4v) is 0.601. The Morgan fingerprint density at radius 3 is 2.40 bits per heavy atom. The van der Waals surface area contributed by atoms with Crippen molar-refractivity contribution >= 4 is 6.29 Å². The Balaban J connectivity index is 3.36. The molecule has 4 nitrogen and oxygen atoms in total. The van der Waals surface area contributed by atoms with Crippen LogP contribution >= 0.6 is 0 Å². The van der Waals surface area contributed by atoms with Gasteiger partial charge in [0.05, 0.1) is 6.10 Å². The molecule has 0 saturated heterocycles. The van der Waals surface area contributed by atoms with Crippen LogP contribution < -0.4 is 0 Å². The minimum absolute atomic E-state index is 0.00403. The molecule has 2 unspecified atom stereocenters. The van der Waals surface area contributed by atoms with Crippen LogP contribution in [0.25, 0.3) is 0 Å². The highest BCUT2D eigenvalue weighted by Gasteiger charge is 2.09. The van der Waals surface area contributed by atoms with Crippen molar-refractivity contribution in [1.82, 2.24) is 0 Å². The Morgan fingerprint density at radius 2 is 2.00 bits per heavy atom. The van der Waals surface area contributed by atoms with E-state index in [0.717, 1.165) is 0 Å². The zero-order chi connectivity index (χ0) is 7.98. The van der Waals surface area contributed by atoms with Crippen LogP contribution in [0.15, 0.2) is 0 Å². The second-order valence-corrected chi connectivity index (χ2v) is 2.11. The molecule has 0 aromatic heterocycles. The van der Waals surface area contributed by atoms with Crippen LogP contribution in [0.4, 0.5) is 0 Å². The van der Waals surface area contributed by atoms with Gasteiger partial charge in [0.1, 0.15) is 12.4 Å². The van der Waals surface area contributed by atoms with Gasteiger partial charge in [-0.2, -0.15) is 0 Å². The first-order valence-electron chi connectivity index (χ1n) is 3.13. The monoisotopic (exact) mass is 148 g/mol. The minimum atomic E-state index is -1.11. The molecule has 0 amide bonds. The predicted molar refractivity (Wildman–Crippen MR) is 34.4 cm³/mol. The summed E-state index contributed by atoms with van der Waals surface area (Å²) in [5.74, 6) is 0. The highest BCUT2D eigenvalue weighted by Crippen LogP contribution is 1.99. The van der Waals surface area contributed by atoms with Gasteiger partial charge in [0, 0.05) is 13.0 Å². The molecule has 0 radical (unpaired) electrons. The third-order valence-electron chi connectivity index (χ3n) is 1.13. The fourth-order valence-electron chi connectivity index (χ4n) is 0.601. The molecule has 0 heterocycles. The van der Waals surface area contributed by atoms with Gasteiger partial charge in [-0.3, -0.25) is 0 Å². The minimum Gasteiger partial charge on any atom is -0.396 e. The maximum Gasteiger partial charge on any atom is 0.148 e. The lowest BCUT2D eigenvalue weighted by Gasteiger charge is -2.08. The summed E-state index contributed by atoms with van der Waals surface area (Å²) in [4.78, 5) is 9.82. The number of carbonyl (C=O) groups is 1. The third kappa shape index (κ3) is 4.43. The van der Waals surface area contributed by atoms with E-state index in [1.807, 2.05) is 0 Å². The summed E-state index contributed by atoms with van der Waals surface area (Å²) in [5.41, 5.74) is 0. The number of aliphatic hydroxyl groups excluding tert-OH is 3. The number of carbonyl (C=O) groups excluding carboxylic acids is 1. The number of hydrogen-bond donors (Lipinski definition) is 3. The fraction of sp³-hybridized carbons (Fsp3) is 0.833. The van der Waals surface area contributed by atoms with Crippen LogP contribution in [0.3, 0.4) is 0 Å². The van der Waals surface area contributed by atoms with Gasteiger partial charge >= 0.3 is 0 Å². The van der Waals surface area contributed by atoms with E-state index in [4.69, 9.17) is 15.3 Å². The van der Waals surface area contributed by atoms with Crippen molar-refractivity contribution in [3.05, 3.63) is 0 Å². The van der Waals surface area contributed by atoms with Gasteiger partial charge in [-0.15, -0.1) is 0 Å². The normalized spacial score (nSPS) is 16.3. The summed E-state index contributed by atoms with van der Waals surface area (Å²) >= 11 is 0. The molecule has 0 aromatic carbocycles. The smallest absolute Gasteiger partial charge is 0.148 e. The van der Waals surface area contributed by atoms with E-state index in [-0.39, 0.29) is 19.4 Å². The first-order valence-corrected chi connectivity index (χ1v) is 3.13. The Bertz CT molecular complexity index is 93.7. The molecular formula is C6H12O4. The largest absolute Gasteiger partial charge is 0.396 e. The molecule has 0 aromatic rings. The van der Waals surface area contributed by atoms with Gasteiger partial charge in [-0.1, -0.05) is 0 Å². The average Bonchev–Trinajstić information content (AvgIpc) is 1.88. The zero-order valence-corrected chi connectivity index (χ0v) is 5.60. The Hall–Kier alpha value is -0.450. The van der Waals surface area contributed by atoms with Gasteiger partial charge < -0.3 is 20.1 Å². The lowest BCUT2D eigenvalue weighted by molar-refractivity contribution is -0.116. The Morgan fingerprint density at radius 1 is 1.40 bits per heavy atom. The molecule has 0 bridgehead atoms. The molecule has 0 aliphatic carbocycles. The molecule has 10 heavy (non-hydrogen) atoms. The van der Waals surface area contributed by atoms with Crippen molar-refractivity contribution in [3.8, 4) is 0 Å². The maximum atomic E-state index is 9.82. The summed E-state index contributed by atoms with van der Waals surface area (Å²) in [6.45, 7) is -0.132. The van der Waals surface area contributed by atoms with Gasteiger partial charge in [0.15, 0.2) is 0 Å². The SMILES string of the molecule is O=CC(O)CC(O)CCO. The molecule has 0 spiro atoms. The first kappa shape index (κ1) is 9.55. The van der Waals surface area contributed by atoms with Crippen molar-refractivity contribution in [2.75, 3.05) is 6.61 Å². The molecule has 0 rings (SSSR count). The van der Waals surface area contributed by atoms with Crippen LogP contribution in [0.2, 0.25) is 0 Å².